The van der Waals surface area contributed by atoms with E-state index in [0.717, 1.165) is 24.1 Å². The first-order chi connectivity index (χ1) is 7.23. The average Bonchev–Trinajstić information content (AvgIpc) is 2.50. The van der Waals surface area contributed by atoms with Crippen LogP contribution in [0.4, 0.5) is 0 Å². The van der Waals surface area contributed by atoms with Gasteiger partial charge in [-0.1, -0.05) is 30.4 Å². The molecule has 0 spiro atoms. The van der Waals surface area contributed by atoms with Crippen molar-refractivity contribution in [1.29, 1.82) is 0 Å². The predicted octanol–water partition coefficient (Wildman–Crippen LogP) is 2.32. The summed E-state index contributed by atoms with van der Waals surface area (Å²) in [4.78, 5) is 14.1. The Bertz CT molecular complexity index is 463. The lowest BCUT2D eigenvalue weighted by Gasteiger charge is -2.36. The van der Waals surface area contributed by atoms with Crippen LogP contribution in [0.25, 0.3) is 0 Å². The summed E-state index contributed by atoms with van der Waals surface area (Å²) in [6, 6.07) is 7.92. The second kappa shape index (κ2) is 2.72. The SMILES string of the molecule is CC12C=CCCN1C(=O)c1ccccc12. The fourth-order valence-electron chi connectivity index (χ4n) is 2.64. The van der Waals surface area contributed by atoms with Crippen LogP contribution < -0.4 is 0 Å². The number of hydrogen-bond donors (Lipinski definition) is 0. The van der Waals surface area contributed by atoms with Gasteiger partial charge >= 0.3 is 0 Å². The Balaban J connectivity index is 2.27. The molecule has 2 heteroatoms. The van der Waals surface area contributed by atoms with E-state index in [1.165, 1.54) is 0 Å². The van der Waals surface area contributed by atoms with E-state index in [1.807, 2.05) is 23.1 Å². The second-order valence-corrected chi connectivity index (χ2v) is 4.34. The van der Waals surface area contributed by atoms with E-state index < -0.39 is 0 Å². The van der Waals surface area contributed by atoms with Gasteiger partial charge < -0.3 is 4.90 Å². The highest BCUT2D eigenvalue weighted by molar-refractivity contribution is 6.00. The molecule has 2 aliphatic rings. The zero-order valence-corrected chi connectivity index (χ0v) is 8.73. The molecule has 0 radical (unpaired) electrons. The Morgan fingerprint density at radius 2 is 2.13 bits per heavy atom. The Hall–Kier alpha value is -1.57. The highest BCUT2D eigenvalue weighted by Gasteiger charge is 2.44. The lowest BCUT2D eigenvalue weighted by molar-refractivity contribution is 0.0651. The summed E-state index contributed by atoms with van der Waals surface area (Å²) < 4.78 is 0. The van der Waals surface area contributed by atoms with Gasteiger partial charge in [-0.15, -0.1) is 0 Å². The Morgan fingerprint density at radius 1 is 1.33 bits per heavy atom. The van der Waals surface area contributed by atoms with E-state index in [1.54, 1.807) is 0 Å². The molecule has 0 fully saturated rings. The molecule has 0 bridgehead atoms. The van der Waals surface area contributed by atoms with Crippen LogP contribution in [-0.2, 0) is 5.54 Å². The Kier molecular flexibility index (Phi) is 1.58. The van der Waals surface area contributed by atoms with Crippen LogP contribution in [0.15, 0.2) is 36.4 Å². The summed E-state index contributed by atoms with van der Waals surface area (Å²) in [7, 11) is 0. The summed E-state index contributed by atoms with van der Waals surface area (Å²) in [5, 5.41) is 0. The van der Waals surface area contributed by atoms with E-state index in [2.05, 4.69) is 25.1 Å². The summed E-state index contributed by atoms with van der Waals surface area (Å²) >= 11 is 0. The fourth-order valence-corrected chi connectivity index (χ4v) is 2.64. The van der Waals surface area contributed by atoms with Gasteiger partial charge in [0.25, 0.3) is 5.91 Å². The standard InChI is InChI=1S/C13H13NO/c1-13-8-4-5-9-14(13)12(15)10-6-2-3-7-11(10)13/h2-4,6-8H,5,9H2,1H3. The number of rotatable bonds is 0. The van der Waals surface area contributed by atoms with Gasteiger partial charge in [0.15, 0.2) is 0 Å². The number of carbonyl (C=O) groups is 1. The Morgan fingerprint density at radius 3 is 3.00 bits per heavy atom. The quantitative estimate of drug-likeness (QED) is 0.587. The third-order valence-electron chi connectivity index (χ3n) is 3.47. The highest BCUT2D eigenvalue weighted by Crippen LogP contribution is 2.41. The summed E-state index contributed by atoms with van der Waals surface area (Å²) in [6.45, 7) is 2.95. The maximum atomic E-state index is 12.1. The molecule has 1 atom stereocenters. The van der Waals surface area contributed by atoms with Crippen molar-refractivity contribution < 1.29 is 4.79 Å². The molecular formula is C13H13NO. The van der Waals surface area contributed by atoms with Crippen LogP contribution in [0.2, 0.25) is 0 Å². The van der Waals surface area contributed by atoms with Crippen LogP contribution in [0.5, 0.6) is 0 Å². The molecule has 0 aliphatic carbocycles. The van der Waals surface area contributed by atoms with Crippen molar-refractivity contribution in [2.24, 2.45) is 0 Å². The average molecular weight is 199 g/mol. The van der Waals surface area contributed by atoms with Gasteiger partial charge in [0.2, 0.25) is 0 Å². The van der Waals surface area contributed by atoms with E-state index in [9.17, 15) is 4.79 Å². The number of nitrogens with zero attached hydrogens (tertiary/aromatic N) is 1. The van der Waals surface area contributed by atoms with Gasteiger partial charge in [-0.05, 0) is 25.0 Å². The molecule has 0 aromatic heterocycles. The van der Waals surface area contributed by atoms with E-state index in [0.29, 0.717) is 0 Å². The molecule has 0 saturated heterocycles. The van der Waals surface area contributed by atoms with E-state index >= 15 is 0 Å². The number of carbonyl (C=O) groups excluding carboxylic acids is 1. The molecule has 1 amide bonds. The van der Waals surface area contributed by atoms with E-state index in [4.69, 9.17) is 0 Å². The first-order valence-corrected chi connectivity index (χ1v) is 5.33. The van der Waals surface area contributed by atoms with Crippen LogP contribution in [0.1, 0.15) is 29.3 Å². The minimum Gasteiger partial charge on any atom is -0.325 e. The molecule has 1 aromatic rings. The summed E-state index contributed by atoms with van der Waals surface area (Å²) in [5.41, 5.74) is 1.81. The van der Waals surface area contributed by atoms with Gasteiger partial charge in [0.1, 0.15) is 0 Å². The topological polar surface area (TPSA) is 20.3 Å². The predicted molar refractivity (Wildman–Crippen MR) is 58.6 cm³/mol. The zero-order valence-electron chi connectivity index (χ0n) is 8.73. The molecular weight excluding hydrogens is 186 g/mol. The van der Waals surface area contributed by atoms with Crippen molar-refractivity contribution in [2.75, 3.05) is 6.54 Å². The first-order valence-electron chi connectivity index (χ1n) is 5.33. The lowest BCUT2D eigenvalue weighted by atomic mass is 9.89. The van der Waals surface area contributed by atoms with Crippen molar-refractivity contribution in [3.05, 3.63) is 47.5 Å². The highest BCUT2D eigenvalue weighted by atomic mass is 16.2. The van der Waals surface area contributed by atoms with Gasteiger partial charge in [-0.3, -0.25) is 4.79 Å². The van der Waals surface area contributed by atoms with Crippen LogP contribution in [-0.4, -0.2) is 17.4 Å². The molecule has 0 N–H and O–H groups in total. The summed E-state index contributed by atoms with van der Waals surface area (Å²) in [6.07, 6.45) is 5.29. The largest absolute Gasteiger partial charge is 0.325 e. The maximum Gasteiger partial charge on any atom is 0.255 e. The van der Waals surface area contributed by atoms with Crippen molar-refractivity contribution >= 4 is 5.91 Å². The van der Waals surface area contributed by atoms with Gasteiger partial charge in [0.05, 0.1) is 5.54 Å². The van der Waals surface area contributed by atoms with Crippen LogP contribution in [0, 0.1) is 0 Å². The fraction of sp³-hybridized carbons (Fsp3) is 0.308. The molecule has 1 aromatic carbocycles. The van der Waals surface area contributed by atoms with Crippen LogP contribution in [0.3, 0.4) is 0 Å². The summed E-state index contributed by atoms with van der Waals surface area (Å²) in [5.74, 6) is 0.178. The smallest absolute Gasteiger partial charge is 0.255 e. The number of benzene rings is 1. The molecule has 3 rings (SSSR count). The first kappa shape index (κ1) is 8.72. The molecule has 2 aliphatic heterocycles. The third-order valence-corrected chi connectivity index (χ3v) is 3.47. The van der Waals surface area contributed by atoms with Crippen molar-refractivity contribution in [3.63, 3.8) is 0 Å². The third kappa shape index (κ3) is 0.965. The number of fused-ring (bicyclic) bond motifs is 3. The van der Waals surface area contributed by atoms with Crippen molar-refractivity contribution in [2.45, 2.75) is 18.9 Å². The minimum absolute atomic E-state index is 0.178. The zero-order chi connectivity index (χ0) is 10.5. The molecule has 15 heavy (non-hydrogen) atoms. The number of amides is 1. The van der Waals surface area contributed by atoms with Gasteiger partial charge in [-0.25, -0.2) is 0 Å². The van der Waals surface area contributed by atoms with E-state index in [-0.39, 0.29) is 11.4 Å². The molecule has 2 heterocycles. The van der Waals surface area contributed by atoms with Gasteiger partial charge in [0, 0.05) is 12.1 Å². The maximum absolute atomic E-state index is 12.1. The van der Waals surface area contributed by atoms with Gasteiger partial charge in [-0.2, -0.15) is 0 Å². The van der Waals surface area contributed by atoms with Crippen LogP contribution >= 0.6 is 0 Å². The lowest BCUT2D eigenvalue weighted by Crippen LogP contribution is -2.42. The minimum atomic E-state index is -0.202. The molecule has 0 saturated carbocycles. The molecule has 2 nitrogen and oxygen atoms in total. The normalized spacial score (nSPS) is 27.8. The number of hydrogen-bond acceptors (Lipinski definition) is 1. The Labute approximate surface area is 89.2 Å². The molecule has 1 unspecified atom stereocenters. The second-order valence-electron chi connectivity index (χ2n) is 4.34. The van der Waals surface area contributed by atoms with Crippen molar-refractivity contribution in [3.8, 4) is 0 Å². The monoisotopic (exact) mass is 199 g/mol. The van der Waals surface area contributed by atoms with Crippen molar-refractivity contribution in [1.82, 2.24) is 4.90 Å². The molecule has 76 valence electrons.